The summed E-state index contributed by atoms with van der Waals surface area (Å²) in [4.78, 5) is 28.4. The van der Waals surface area contributed by atoms with Gasteiger partial charge in [-0.15, -0.1) is 11.3 Å². The summed E-state index contributed by atoms with van der Waals surface area (Å²) in [6.07, 6.45) is 0.642. The van der Waals surface area contributed by atoms with E-state index in [0.29, 0.717) is 24.3 Å². The number of nitrogens with zero attached hydrogens (tertiary/aromatic N) is 1. The molecule has 0 unspecified atom stereocenters. The van der Waals surface area contributed by atoms with Crippen molar-refractivity contribution in [3.8, 4) is 5.75 Å². The zero-order chi connectivity index (χ0) is 21.7. The molecule has 1 heterocycles. The second-order valence-electron chi connectivity index (χ2n) is 7.83. The van der Waals surface area contributed by atoms with Crippen molar-refractivity contribution in [2.45, 2.75) is 55.7 Å². The number of aromatic nitrogens is 1. The Balaban J connectivity index is 1.85. The van der Waals surface area contributed by atoms with E-state index in [9.17, 15) is 9.59 Å². The Kier molecular flexibility index (Phi) is 7.71. The van der Waals surface area contributed by atoms with E-state index in [2.05, 4.69) is 9.72 Å². The third-order valence-electron chi connectivity index (χ3n) is 3.67. The van der Waals surface area contributed by atoms with Gasteiger partial charge in [0.25, 0.3) is 0 Å². The largest absolute Gasteiger partial charge is 0.493 e. The van der Waals surface area contributed by atoms with Gasteiger partial charge in [0, 0.05) is 11.8 Å². The maximum Gasteiger partial charge on any atom is 0.337 e. The molecule has 0 bridgehead atoms. The number of hydrogen-bond acceptors (Lipinski definition) is 8. The van der Waals surface area contributed by atoms with Gasteiger partial charge in [-0.1, -0.05) is 11.8 Å². The van der Waals surface area contributed by atoms with Crippen LogP contribution in [0.1, 0.15) is 50.7 Å². The Morgan fingerprint density at radius 2 is 1.76 bits per heavy atom. The summed E-state index contributed by atoms with van der Waals surface area (Å²) in [5.74, 6) is 0.0392. The minimum Gasteiger partial charge on any atom is -0.493 e. The van der Waals surface area contributed by atoms with Crippen molar-refractivity contribution in [2.75, 3.05) is 13.7 Å². The molecule has 0 aliphatic rings. The van der Waals surface area contributed by atoms with Gasteiger partial charge in [0.15, 0.2) is 4.34 Å². The van der Waals surface area contributed by atoms with Crippen LogP contribution in [0.15, 0.2) is 34.0 Å². The van der Waals surface area contributed by atoms with Crippen LogP contribution in [0.5, 0.6) is 5.75 Å². The van der Waals surface area contributed by atoms with Crippen molar-refractivity contribution in [1.29, 1.82) is 0 Å². The van der Waals surface area contributed by atoms with Gasteiger partial charge in [-0.25, -0.2) is 9.78 Å². The van der Waals surface area contributed by atoms with E-state index >= 15 is 0 Å². The van der Waals surface area contributed by atoms with Crippen molar-refractivity contribution in [3.63, 3.8) is 0 Å². The fourth-order valence-corrected chi connectivity index (χ4v) is 4.45. The molecule has 0 spiro atoms. The van der Waals surface area contributed by atoms with Gasteiger partial charge in [-0.2, -0.15) is 0 Å². The van der Waals surface area contributed by atoms with Gasteiger partial charge in [0.2, 0.25) is 0 Å². The molecule has 0 aliphatic heterocycles. The molecule has 158 valence electrons. The van der Waals surface area contributed by atoms with E-state index in [1.54, 1.807) is 24.3 Å². The van der Waals surface area contributed by atoms with Crippen LogP contribution in [0.4, 0.5) is 0 Å². The van der Waals surface area contributed by atoms with Crippen LogP contribution in [0.3, 0.4) is 0 Å². The van der Waals surface area contributed by atoms with Crippen molar-refractivity contribution >= 4 is 35.0 Å². The molecule has 0 fully saturated rings. The maximum absolute atomic E-state index is 12.4. The molecule has 0 radical (unpaired) electrons. The van der Waals surface area contributed by atoms with E-state index in [-0.39, 0.29) is 11.9 Å². The van der Waals surface area contributed by atoms with E-state index < -0.39 is 10.3 Å². The molecule has 1 aromatic heterocycles. The van der Waals surface area contributed by atoms with Crippen molar-refractivity contribution in [2.24, 2.45) is 0 Å². The number of esters is 2. The van der Waals surface area contributed by atoms with Crippen molar-refractivity contribution in [1.82, 2.24) is 4.98 Å². The third kappa shape index (κ3) is 7.36. The SMILES string of the molecule is COC(=O)c1ccc(OCCc2csc(SC(C)(C)C(=O)OC(C)(C)C)n2)cc1. The lowest BCUT2D eigenvalue weighted by Gasteiger charge is -2.27. The number of thiazole rings is 1. The average molecular weight is 438 g/mol. The molecule has 6 nitrogen and oxygen atoms in total. The Morgan fingerprint density at radius 3 is 2.34 bits per heavy atom. The first-order valence-electron chi connectivity index (χ1n) is 9.18. The Bertz CT molecular complexity index is 838. The third-order valence-corrected chi connectivity index (χ3v) is 5.83. The molecule has 0 saturated carbocycles. The lowest BCUT2D eigenvalue weighted by atomic mass is 10.1. The van der Waals surface area contributed by atoms with Crippen LogP contribution in [0, 0.1) is 0 Å². The molecule has 2 rings (SSSR count). The van der Waals surface area contributed by atoms with Gasteiger partial charge in [0.05, 0.1) is 25.0 Å². The van der Waals surface area contributed by atoms with Gasteiger partial charge >= 0.3 is 11.9 Å². The standard InChI is InChI=1S/C21H27NO5S2/c1-20(2,3)27-18(24)21(4,5)29-19-22-15(13-28-19)11-12-26-16-9-7-14(8-10-16)17(23)25-6/h7-10,13H,11-12H2,1-6H3. The highest BCUT2D eigenvalue weighted by Gasteiger charge is 2.34. The first-order chi connectivity index (χ1) is 13.5. The number of rotatable bonds is 8. The van der Waals surface area contributed by atoms with Crippen LogP contribution < -0.4 is 4.74 Å². The second kappa shape index (κ2) is 9.63. The zero-order valence-corrected chi connectivity index (χ0v) is 19.2. The number of carbonyl (C=O) groups excluding carboxylic acids is 2. The lowest BCUT2D eigenvalue weighted by Crippen LogP contribution is -2.36. The van der Waals surface area contributed by atoms with Gasteiger partial charge in [-0.05, 0) is 58.9 Å². The van der Waals surface area contributed by atoms with Crippen LogP contribution in [-0.4, -0.2) is 41.0 Å². The Morgan fingerprint density at radius 1 is 1.10 bits per heavy atom. The topological polar surface area (TPSA) is 74.7 Å². The molecule has 0 amide bonds. The minimum atomic E-state index is -0.722. The fourth-order valence-electron chi connectivity index (χ4n) is 2.19. The number of methoxy groups -OCH3 is 1. The fraction of sp³-hybridized carbons (Fsp3) is 0.476. The molecule has 1 aromatic carbocycles. The highest BCUT2D eigenvalue weighted by atomic mass is 32.2. The Hall–Kier alpha value is -2.06. The molecule has 0 atom stereocenters. The van der Waals surface area contributed by atoms with Crippen LogP contribution >= 0.6 is 23.1 Å². The summed E-state index contributed by atoms with van der Waals surface area (Å²) in [5, 5.41) is 1.97. The predicted molar refractivity (Wildman–Crippen MR) is 115 cm³/mol. The summed E-state index contributed by atoms with van der Waals surface area (Å²) in [6.45, 7) is 9.71. The monoisotopic (exact) mass is 437 g/mol. The molecular formula is C21H27NO5S2. The molecule has 8 heteroatoms. The lowest BCUT2D eigenvalue weighted by molar-refractivity contribution is -0.156. The Labute approximate surface area is 180 Å². The van der Waals surface area contributed by atoms with E-state index in [1.807, 2.05) is 40.0 Å². The number of ether oxygens (including phenoxy) is 3. The maximum atomic E-state index is 12.4. The van der Waals surface area contributed by atoms with E-state index in [0.717, 1.165) is 10.0 Å². The smallest absolute Gasteiger partial charge is 0.337 e. The molecule has 29 heavy (non-hydrogen) atoms. The molecule has 2 aromatic rings. The second-order valence-corrected chi connectivity index (χ2v) is 10.6. The first-order valence-corrected chi connectivity index (χ1v) is 10.9. The molecule has 0 N–H and O–H groups in total. The number of thioether (sulfide) groups is 1. The zero-order valence-electron chi connectivity index (χ0n) is 17.6. The molecular weight excluding hydrogens is 410 g/mol. The van der Waals surface area contributed by atoms with Gasteiger partial charge < -0.3 is 14.2 Å². The van der Waals surface area contributed by atoms with Crippen molar-refractivity contribution < 1.29 is 23.8 Å². The van der Waals surface area contributed by atoms with E-state index in [1.165, 1.54) is 30.2 Å². The van der Waals surface area contributed by atoms with Gasteiger partial charge in [-0.3, -0.25) is 4.79 Å². The predicted octanol–water partition coefficient (Wildman–Crippen LogP) is 4.76. The minimum absolute atomic E-state index is 0.259. The summed E-state index contributed by atoms with van der Waals surface area (Å²) in [6, 6.07) is 6.80. The molecule has 0 aliphatic carbocycles. The van der Waals surface area contributed by atoms with Crippen LogP contribution in [-0.2, 0) is 20.7 Å². The summed E-state index contributed by atoms with van der Waals surface area (Å²) >= 11 is 2.90. The number of carbonyl (C=O) groups is 2. The highest BCUT2D eigenvalue weighted by molar-refractivity contribution is 8.03. The van der Waals surface area contributed by atoms with Crippen molar-refractivity contribution in [3.05, 3.63) is 40.9 Å². The van der Waals surface area contributed by atoms with Crippen LogP contribution in [0.25, 0.3) is 0 Å². The van der Waals surface area contributed by atoms with Crippen LogP contribution in [0.2, 0.25) is 0 Å². The number of hydrogen-bond donors (Lipinski definition) is 0. The normalized spacial score (nSPS) is 11.8. The summed E-state index contributed by atoms with van der Waals surface area (Å²) < 4.78 is 16.0. The summed E-state index contributed by atoms with van der Waals surface area (Å²) in [5.41, 5.74) is 0.868. The van der Waals surface area contributed by atoms with Gasteiger partial charge in [0.1, 0.15) is 16.1 Å². The average Bonchev–Trinajstić information content (AvgIpc) is 3.06. The van der Waals surface area contributed by atoms with E-state index in [4.69, 9.17) is 9.47 Å². The first kappa shape index (κ1) is 23.2. The quantitative estimate of drug-likeness (QED) is 0.435. The molecule has 0 saturated heterocycles. The summed E-state index contributed by atoms with van der Waals surface area (Å²) in [7, 11) is 1.35. The highest BCUT2D eigenvalue weighted by Crippen LogP contribution is 2.36. The number of benzene rings is 1.